The van der Waals surface area contributed by atoms with E-state index in [0.29, 0.717) is 0 Å². The van der Waals surface area contributed by atoms with Gasteiger partial charge in [-0.2, -0.15) is 5.10 Å². The Balaban J connectivity index is 0. The van der Waals surface area contributed by atoms with Gasteiger partial charge in [-0.25, -0.2) is 4.98 Å². The molecular formula is C10H22BrN3O. The molecule has 0 radical (unpaired) electrons. The molecule has 1 aromatic rings. The minimum absolute atomic E-state index is 0. The van der Waals surface area contributed by atoms with Gasteiger partial charge in [-0.1, -0.05) is 33.1 Å². The zero-order chi connectivity index (χ0) is 10.6. The SMILES string of the molecule is Br.CCCCC(O)CCC.c1nc[nH]n1. The molecule has 0 aliphatic rings. The fourth-order valence-corrected chi connectivity index (χ4v) is 1.08. The number of unbranched alkanes of at least 4 members (excludes halogenated alkanes) is 1. The molecule has 0 saturated carbocycles. The van der Waals surface area contributed by atoms with Crippen molar-refractivity contribution in [3.63, 3.8) is 0 Å². The molecule has 0 aromatic carbocycles. The van der Waals surface area contributed by atoms with E-state index in [1.807, 2.05) is 0 Å². The van der Waals surface area contributed by atoms with Crippen molar-refractivity contribution in [1.82, 2.24) is 15.2 Å². The summed E-state index contributed by atoms with van der Waals surface area (Å²) < 4.78 is 0. The number of H-pyrrole nitrogens is 1. The molecule has 0 aliphatic carbocycles. The summed E-state index contributed by atoms with van der Waals surface area (Å²) in [6.45, 7) is 4.26. The van der Waals surface area contributed by atoms with Crippen molar-refractivity contribution >= 4 is 17.0 Å². The van der Waals surface area contributed by atoms with Gasteiger partial charge in [-0.15, -0.1) is 17.0 Å². The van der Waals surface area contributed by atoms with Crippen molar-refractivity contribution in [3.05, 3.63) is 12.7 Å². The number of hydrogen-bond donors (Lipinski definition) is 2. The zero-order valence-electron chi connectivity index (χ0n) is 9.52. The molecule has 0 saturated heterocycles. The van der Waals surface area contributed by atoms with Gasteiger partial charge in [-0.05, 0) is 12.8 Å². The molecule has 0 bridgehead atoms. The number of nitrogens with one attached hydrogen (secondary N) is 1. The summed E-state index contributed by atoms with van der Waals surface area (Å²) >= 11 is 0. The van der Waals surface area contributed by atoms with Gasteiger partial charge in [0.15, 0.2) is 0 Å². The summed E-state index contributed by atoms with van der Waals surface area (Å²) in [4.78, 5) is 3.56. The van der Waals surface area contributed by atoms with Crippen molar-refractivity contribution in [1.29, 1.82) is 0 Å². The maximum atomic E-state index is 9.18. The Hall–Kier alpha value is -0.420. The highest BCUT2D eigenvalue weighted by Gasteiger charge is 1.99. The maximum Gasteiger partial charge on any atom is 0.137 e. The van der Waals surface area contributed by atoms with Gasteiger partial charge >= 0.3 is 0 Å². The minimum atomic E-state index is -0.0325. The van der Waals surface area contributed by atoms with Crippen LogP contribution in [-0.2, 0) is 0 Å². The van der Waals surface area contributed by atoms with Crippen molar-refractivity contribution in [2.45, 2.75) is 52.1 Å². The highest BCUT2D eigenvalue weighted by atomic mass is 79.9. The van der Waals surface area contributed by atoms with Crippen molar-refractivity contribution in [2.75, 3.05) is 0 Å². The number of aliphatic hydroxyl groups excluding tert-OH is 1. The summed E-state index contributed by atoms with van der Waals surface area (Å²) in [5.41, 5.74) is 0. The van der Waals surface area contributed by atoms with E-state index in [1.165, 1.54) is 25.5 Å². The van der Waals surface area contributed by atoms with Crippen LogP contribution < -0.4 is 0 Å². The van der Waals surface area contributed by atoms with E-state index in [0.717, 1.165) is 19.3 Å². The Bertz CT molecular complexity index is 166. The van der Waals surface area contributed by atoms with E-state index < -0.39 is 0 Å². The van der Waals surface area contributed by atoms with Crippen LogP contribution in [-0.4, -0.2) is 26.4 Å². The molecule has 1 atom stereocenters. The molecule has 1 rings (SSSR count). The molecule has 4 nitrogen and oxygen atoms in total. The van der Waals surface area contributed by atoms with Crippen LogP contribution in [0.4, 0.5) is 0 Å². The van der Waals surface area contributed by atoms with Gasteiger partial charge in [0.25, 0.3) is 0 Å². The third kappa shape index (κ3) is 13.6. The fourth-order valence-electron chi connectivity index (χ4n) is 1.08. The Kier molecular flexibility index (Phi) is 15.4. The smallest absolute Gasteiger partial charge is 0.137 e. The first-order chi connectivity index (χ1) is 6.81. The van der Waals surface area contributed by atoms with Gasteiger partial charge < -0.3 is 5.11 Å². The van der Waals surface area contributed by atoms with Crippen LogP contribution in [0.2, 0.25) is 0 Å². The zero-order valence-corrected chi connectivity index (χ0v) is 11.2. The van der Waals surface area contributed by atoms with Crippen LogP contribution in [0, 0.1) is 0 Å². The first-order valence-electron chi connectivity index (χ1n) is 5.28. The van der Waals surface area contributed by atoms with Crippen LogP contribution in [0.25, 0.3) is 0 Å². The number of hydrogen-bond acceptors (Lipinski definition) is 3. The second-order valence-electron chi connectivity index (χ2n) is 3.24. The fraction of sp³-hybridized carbons (Fsp3) is 0.800. The van der Waals surface area contributed by atoms with Crippen molar-refractivity contribution in [2.24, 2.45) is 0 Å². The second kappa shape index (κ2) is 13.6. The highest BCUT2D eigenvalue weighted by molar-refractivity contribution is 8.93. The lowest BCUT2D eigenvalue weighted by Crippen LogP contribution is -2.04. The monoisotopic (exact) mass is 279 g/mol. The predicted molar refractivity (Wildman–Crippen MR) is 67.1 cm³/mol. The normalized spacial score (nSPS) is 10.9. The Morgan fingerprint density at radius 1 is 1.27 bits per heavy atom. The first kappa shape index (κ1) is 17.0. The lowest BCUT2D eigenvalue weighted by Gasteiger charge is -2.06. The van der Waals surface area contributed by atoms with E-state index in [2.05, 4.69) is 29.0 Å². The molecule has 0 fully saturated rings. The summed E-state index contributed by atoms with van der Waals surface area (Å²) in [6, 6.07) is 0. The van der Waals surface area contributed by atoms with Gasteiger partial charge in [0.2, 0.25) is 0 Å². The first-order valence-corrected chi connectivity index (χ1v) is 5.28. The lowest BCUT2D eigenvalue weighted by molar-refractivity contribution is 0.150. The number of nitrogens with zero attached hydrogens (tertiary/aromatic N) is 2. The van der Waals surface area contributed by atoms with E-state index in [1.54, 1.807) is 0 Å². The molecule has 2 N–H and O–H groups in total. The van der Waals surface area contributed by atoms with Crippen LogP contribution >= 0.6 is 17.0 Å². The minimum Gasteiger partial charge on any atom is -0.393 e. The highest BCUT2D eigenvalue weighted by Crippen LogP contribution is 2.05. The largest absolute Gasteiger partial charge is 0.393 e. The number of aromatic amines is 1. The van der Waals surface area contributed by atoms with Gasteiger partial charge in [0.1, 0.15) is 12.7 Å². The average molecular weight is 280 g/mol. The molecule has 90 valence electrons. The van der Waals surface area contributed by atoms with Crippen molar-refractivity contribution in [3.8, 4) is 0 Å². The molecule has 0 spiro atoms. The summed E-state index contributed by atoms with van der Waals surface area (Å²) in [5.74, 6) is 0. The summed E-state index contributed by atoms with van der Waals surface area (Å²) in [7, 11) is 0. The van der Waals surface area contributed by atoms with Crippen LogP contribution in [0.15, 0.2) is 12.7 Å². The molecule has 1 aromatic heterocycles. The van der Waals surface area contributed by atoms with E-state index in [4.69, 9.17) is 0 Å². The third-order valence-electron chi connectivity index (χ3n) is 1.84. The molecule has 1 unspecified atom stereocenters. The molecule has 0 amide bonds. The number of rotatable bonds is 5. The van der Waals surface area contributed by atoms with E-state index in [9.17, 15) is 5.11 Å². The molecule has 15 heavy (non-hydrogen) atoms. The van der Waals surface area contributed by atoms with Crippen LogP contribution in [0.1, 0.15) is 46.0 Å². The summed E-state index contributed by atoms with van der Waals surface area (Å²) in [6.07, 6.45) is 8.35. The lowest BCUT2D eigenvalue weighted by atomic mass is 10.1. The average Bonchev–Trinajstić information content (AvgIpc) is 2.73. The molecule has 5 heteroatoms. The number of halogens is 1. The second-order valence-corrected chi connectivity index (χ2v) is 3.24. The Morgan fingerprint density at radius 2 is 2.00 bits per heavy atom. The summed E-state index contributed by atoms with van der Waals surface area (Å²) in [5, 5.41) is 15.2. The van der Waals surface area contributed by atoms with Crippen LogP contribution in [0.5, 0.6) is 0 Å². The Labute approximate surface area is 102 Å². The Morgan fingerprint density at radius 3 is 2.33 bits per heavy atom. The molecule has 1 heterocycles. The van der Waals surface area contributed by atoms with Crippen molar-refractivity contribution < 1.29 is 5.11 Å². The van der Waals surface area contributed by atoms with Gasteiger partial charge in [0, 0.05) is 0 Å². The number of aliphatic hydroxyl groups is 1. The van der Waals surface area contributed by atoms with Gasteiger partial charge in [0.05, 0.1) is 6.10 Å². The topological polar surface area (TPSA) is 61.8 Å². The molecular weight excluding hydrogens is 258 g/mol. The maximum absolute atomic E-state index is 9.18. The third-order valence-corrected chi connectivity index (χ3v) is 1.84. The molecule has 0 aliphatic heterocycles. The van der Waals surface area contributed by atoms with Crippen LogP contribution in [0.3, 0.4) is 0 Å². The quantitative estimate of drug-likeness (QED) is 0.871. The predicted octanol–water partition coefficient (Wildman–Crippen LogP) is 2.72. The van der Waals surface area contributed by atoms with Gasteiger partial charge in [-0.3, -0.25) is 5.10 Å². The van der Waals surface area contributed by atoms with E-state index >= 15 is 0 Å². The number of aromatic nitrogens is 3. The van der Waals surface area contributed by atoms with E-state index in [-0.39, 0.29) is 23.1 Å². The standard InChI is InChI=1S/C8H18O.C2H3N3.BrH/c1-3-5-7-8(9)6-4-2;1-3-2-5-4-1;/h8-9H,3-7H2,1-2H3;1-2H,(H,3,4,5);1H.